The molecular weight excluding hydrogens is 269 g/mol. The van der Waals surface area contributed by atoms with Gasteiger partial charge in [-0.1, -0.05) is 48.5 Å². The molecule has 1 aromatic carbocycles. The minimum absolute atomic E-state index is 0.0520. The van der Waals surface area contributed by atoms with Gasteiger partial charge in [-0.15, -0.1) is 0 Å². The third kappa shape index (κ3) is 4.62. The second-order valence-electron chi connectivity index (χ2n) is 4.16. The highest BCUT2D eigenvalue weighted by molar-refractivity contribution is 9.10. The summed E-state index contributed by atoms with van der Waals surface area (Å²) >= 11 is 3.28. The van der Waals surface area contributed by atoms with E-state index in [2.05, 4.69) is 22.9 Å². The average molecular weight is 288 g/mol. The molecule has 0 aromatic heterocycles. The van der Waals surface area contributed by atoms with Crippen LogP contribution in [0.4, 0.5) is 4.39 Å². The summed E-state index contributed by atoms with van der Waals surface area (Å²) < 4.78 is 13.9. The molecule has 0 heterocycles. The average Bonchev–Trinajstić information content (AvgIpc) is 2.22. The van der Waals surface area contributed by atoms with Crippen LogP contribution in [0.5, 0.6) is 0 Å². The van der Waals surface area contributed by atoms with E-state index in [9.17, 15) is 4.39 Å². The lowest BCUT2D eigenvalue weighted by Crippen LogP contribution is -2.10. The summed E-state index contributed by atoms with van der Waals surface area (Å²) in [5.74, 6) is -0.228. The normalized spacial score (nSPS) is 12.8. The van der Waals surface area contributed by atoms with Gasteiger partial charge < -0.3 is 5.73 Å². The summed E-state index contributed by atoms with van der Waals surface area (Å²) in [5.41, 5.74) is 6.91. The van der Waals surface area contributed by atoms with Gasteiger partial charge in [-0.05, 0) is 30.2 Å². The van der Waals surface area contributed by atoms with Crippen LogP contribution in [0.3, 0.4) is 0 Å². The summed E-state index contributed by atoms with van der Waals surface area (Å²) in [6, 6.07) is 4.82. The first kappa shape index (κ1) is 13.7. The second kappa shape index (κ2) is 7.02. The third-order valence-electron chi connectivity index (χ3n) is 2.68. The summed E-state index contributed by atoms with van der Waals surface area (Å²) in [7, 11) is 0. The highest BCUT2D eigenvalue weighted by Crippen LogP contribution is 2.22. The molecule has 16 heavy (non-hydrogen) atoms. The van der Waals surface area contributed by atoms with Crippen LogP contribution in [0.15, 0.2) is 22.7 Å². The van der Waals surface area contributed by atoms with Crippen molar-refractivity contribution in [2.75, 3.05) is 0 Å². The molecular formula is C13H19BrFN. The lowest BCUT2D eigenvalue weighted by molar-refractivity contribution is 0.560. The van der Waals surface area contributed by atoms with E-state index in [0.29, 0.717) is 0 Å². The molecule has 3 heteroatoms. The zero-order valence-corrected chi connectivity index (χ0v) is 11.3. The van der Waals surface area contributed by atoms with Crippen molar-refractivity contribution >= 4 is 15.9 Å². The van der Waals surface area contributed by atoms with E-state index in [1.165, 1.54) is 31.4 Å². The molecule has 90 valence electrons. The Morgan fingerprint density at radius 2 is 2.00 bits per heavy atom. The van der Waals surface area contributed by atoms with Gasteiger partial charge in [-0.3, -0.25) is 0 Å². The molecule has 0 amide bonds. The fourth-order valence-electron chi connectivity index (χ4n) is 1.75. The number of benzene rings is 1. The molecule has 0 fully saturated rings. The Morgan fingerprint density at radius 1 is 1.25 bits per heavy atom. The fourth-order valence-corrected chi connectivity index (χ4v) is 2.23. The third-order valence-corrected chi connectivity index (χ3v) is 3.14. The molecule has 0 aliphatic carbocycles. The van der Waals surface area contributed by atoms with Crippen molar-refractivity contribution in [1.82, 2.24) is 0 Å². The largest absolute Gasteiger partial charge is 0.324 e. The van der Waals surface area contributed by atoms with Gasteiger partial charge in [0.2, 0.25) is 0 Å². The first-order valence-corrected chi connectivity index (χ1v) is 6.64. The minimum atomic E-state index is -0.228. The topological polar surface area (TPSA) is 26.0 Å². The second-order valence-corrected chi connectivity index (χ2v) is 5.07. The zero-order valence-electron chi connectivity index (χ0n) is 9.68. The quantitative estimate of drug-likeness (QED) is 0.763. The number of hydrogen-bond acceptors (Lipinski definition) is 1. The zero-order chi connectivity index (χ0) is 12.0. The Morgan fingerprint density at radius 3 is 2.62 bits per heavy atom. The minimum Gasteiger partial charge on any atom is -0.324 e. The molecule has 2 N–H and O–H groups in total. The van der Waals surface area contributed by atoms with Crippen LogP contribution >= 0.6 is 15.9 Å². The lowest BCUT2D eigenvalue weighted by atomic mass is 10.0. The maximum absolute atomic E-state index is 13.1. The van der Waals surface area contributed by atoms with Crippen LogP contribution in [0, 0.1) is 5.82 Å². The van der Waals surface area contributed by atoms with Crippen molar-refractivity contribution in [3.8, 4) is 0 Å². The standard InChI is InChI=1S/C13H19BrFN/c1-2-3-4-5-6-13(16)10-7-11(14)9-12(15)8-10/h7-9,13H,2-6,16H2,1H3. The molecule has 0 aliphatic heterocycles. The van der Waals surface area contributed by atoms with E-state index in [1.54, 1.807) is 0 Å². The van der Waals surface area contributed by atoms with E-state index < -0.39 is 0 Å². The summed E-state index contributed by atoms with van der Waals surface area (Å²) in [6.45, 7) is 2.18. The predicted molar refractivity (Wildman–Crippen MR) is 69.8 cm³/mol. The van der Waals surface area contributed by atoms with Crippen LogP contribution in [-0.4, -0.2) is 0 Å². The van der Waals surface area contributed by atoms with E-state index >= 15 is 0 Å². The van der Waals surface area contributed by atoms with Crippen molar-refractivity contribution < 1.29 is 4.39 Å². The van der Waals surface area contributed by atoms with Crippen molar-refractivity contribution in [2.45, 2.75) is 45.1 Å². The molecule has 1 rings (SSSR count). The molecule has 1 atom stereocenters. The van der Waals surface area contributed by atoms with Gasteiger partial charge in [-0.2, -0.15) is 0 Å². The van der Waals surface area contributed by atoms with Crippen LogP contribution in [0.2, 0.25) is 0 Å². The number of nitrogens with two attached hydrogens (primary N) is 1. The van der Waals surface area contributed by atoms with Gasteiger partial charge in [0.1, 0.15) is 5.82 Å². The van der Waals surface area contributed by atoms with Crippen molar-refractivity contribution in [3.63, 3.8) is 0 Å². The Hall–Kier alpha value is -0.410. The number of rotatable bonds is 6. The Kier molecular flexibility index (Phi) is 5.99. The maximum atomic E-state index is 13.1. The Labute approximate surface area is 105 Å². The van der Waals surface area contributed by atoms with Crippen LogP contribution in [0.25, 0.3) is 0 Å². The predicted octanol–water partition coefficient (Wildman–Crippen LogP) is 4.56. The van der Waals surface area contributed by atoms with Crippen molar-refractivity contribution in [2.24, 2.45) is 5.73 Å². The van der Waals surface area contributed by atoms with E-state index in [1.807, 2.05) is 6.07 Å². The molecule has 0 bridgehead atoms. The molecule has 0 radical (unpaired) electrons. The molecule has 1 nitrogen and oxygen atoms in total. The lowest BCUT2D eigenvalue weighted by Gasteiger charge is -2.12. The highest BCUT2D eigenvalue weighted by atomic mass is 79.9. The number of hydrogen-bond donors (Lipinski definition) is 1. The number of halogens is 2. The van der Waals surface area contributed by atoms with Crippen molar-refractivity contribution in [1.29, 1.82) is 0 Å². The summed E-state index contributed by atoms with van der Waals surface area (Å²) in [6.07, 6.45) is 5.72. The molecule has 1 unspecified atom stereocenters. The highest BCUT2D eigenvalue weighted by Gasteiger charge is 2.07. The van der Waals surface area contributed by atoms with Gasteiger partial charge in [0, 0.05) is 10.5 Å². The first-order valence-electron chi connectivity index (χ1n) is 5.85. The molecule has 0 spiro atoms. The molecule has 0 saturated heterocycles. The molecule has 0 saturated carbocycles. The summed E-state index contributed by atoms with van der Waals surface area (Å²) in [4.78, 5) is 0. The van der Waals surface area contributed by atoms with Crippen LogP contribution < -0.4 is 5.73 Å². The Balaban J connectivity index is 2.48. The van der Waals surface area contributed by atoms with Gasteiger partial charge in [0.05, 0.1) is 0 Å². The smallest absolute Gasteiger partial charge is 0.124 e. The van der Waals surface area contributed by atoms with Gasteiger partial charge >= 0.3 is 0 Å². The summed E-state index contributed by atoms with van der Waals surface area (Å²) in [5, 5.41) is 0. The SMILES string of the molecule is CCCCCCC(N)c1cc(F)cc(Br)c1. The van der Waals surface area contributed by atoms with Crippen LogP contribution in [0.1, 0.15) is 50.6 Å². The van der Waals surface area contributed by atoms with E-state index in [4.69, 9.17) is 5.73 Å². The monoisotopic (exact) mass is 287 g/mol. The fraction of sp³-hybridized carbons (Fsp3) is 0.538. The van der Waals surface area contributed by atoms with Gasteiger partial charge in [0.15, 0.2) is 0 Å². The number of unbranched alkanes of at least 4 members (excludes halogenated alkanes) is 3. The maximum Gasteiger partial charge on any atom is 0.124 e. The first-order chi connectivity index (χ1) is 7.63. The van der Waals surface area contributed by atoms with Crippen molar-refractivity contribution in [3.05, 3.63) is 34.1 Å². The van der Waals surface area contributed by atoms with E-state index in [-0.39, 0.29) is 11.9 Å². The Bertz CT molecular complexity index is 307. The van der Waals surface area contributed by atoms with E-state index in [0.717, 1.165) is 22.9 Å². The van der Waals surface area contributed by atoms with Crippen LogP contribution in [-0.2, 0) is 0 Å². The molecule has 1 aromatic rings. The van der Waals surface area contributed by atoms with Gasteiger partial charge in [0.25, 0.3) is 0 Å². The molecule has 0 aliphatic rings. The van der Waals surface area contributed by atoms with Gasteiger partial charge in [-0.25, -0.2) is 4.39 Å².